The van der Waals surface area contributed by atoms with Crippen LogP contribution in [0.3, 0.4) is 0 Å². The Balaban J connectivity index is 3.99. The first kappa shape index (κ1) is 28.1. The van der Waals surface area contributed by atoms with Gasteiger partial charge in [0.25, 0.3) is 0 Å². The molecule has 0 atom stereocenters. The Bertz CT molecular complexity index is 637. The third-order valence-electron chi connectivity index (χ3n) is 5.97. The fourth-order valence-electron chi connectivity index (χ4n) is 4.57. The number of unbranched alkanes of at least 4 members (excludes halogenated alkanes) is 3. The SMILES string of the molecule is CCC[CH2][Sn]([CH2]CCC)([CH2]CCC)/[C](=C(/C(F)(F)F)[Si](C)(C)C)c1ccc(Cl)cc1. The Labute approximate surface area is 192 Å². The van der Waals surface area contributed by atoms with Crippen LogP contribution in [-0.4, -0.2) is 32.6 Å². The van der Waals surface area contributed by atoms with E-state index in [0.717, 1.165) is 61.0 Å². The van der Waals surface area contributed by atoms with Crippen molar-refractivity contribution >= 4 is 41.6 Å². The van der Waals surface area contributed by atoms with Crippen molar-refractivity contribution in [3.63, 3.8) is 0 Å². The number of benzene rings is 1. The summed E-state index contributed by atoms with van der Waals surface area (Å²) in [6.07, 6.45) is 1.97. The van der Waals surface area contributed by atoms with Gasteiger partial charge < -0.3 is 0 Å². The standard InChI is InChI=1S/C12H13ClF3Si.3C4H9.Sn/c1-17(2,3)11(12(14,15)16)8-9-4-6-10(13)7-5-9;3*1-3-4-2;/h4-7H,1-3H3;3*1,3-4H2,2H3;. The fourth-order valence-corrected chi connectivity index (χ4v) is 28.7. The molecular weight excluding hydrogens is 528 g/mol. The summed E-state index contributed by atoms with van der Waals surface area (Å²) >= 11 is 2.76. The number of rotatable bonds is 12. The van der Waals surface area contributed by atoms with E-state index in [9.17, 15) is 13.2 Å². The molecule has 0 heterocycles. The number of alkyl halides is 3. The monoisotopic (exact) mass is 568 g/mol. The van der Waals surface area contributed by atoms with Gasteiger partial charge in [-0.05, 0) is 0 Å². The average Bonchev–Trinajstić information content (AvgIpc) is 2.65. The molecule has 6 heteroatoms. The Hall–Kier alpha value is 0.0556. The molecule has 0 saturated heterocycles. The van der Waals surface area contributed by atoms with Crippen LogP contribution < -0.4 is 0 Å². The molecule has 0 bridgehead atoms. The van der Waals surface area contributed by atoms with Crippen molar-refractivity contribution in [2.24, 2.45) is 0 Å². The maximum atomic E-state index is 14.7. The van der Waals surface area contributed by atoms with Gasteiger partial charge in [0.2, 0.25) is 0 Å². The summed E-state index contributed by atoms with van der Waals surface area (Å²) in [5, 5.41) is 0.438. The number of hydrogen-bond donors (Lipinski definition) is 0. The predicted octanol–water partition coefficient (Wildman–Crippen LogP) is 9.92. The molecule has 1 aromatic carbocycles. The molecule has 0 aliphatic rings. The molecule has 0 saturated carbocycles. The molecule has 0 radical (unpaired) electrons. The number of hydrogen-bond acceptors (Lipinski definition) is 0. The van der Waals surface area contributed by atoms with Crippen molar-refractivity contribution in [2.45, 2.75) is 98.4 Å². The summed E-state index contributed by atoms with van der Waals surface area (Å²) in [4.78, 5) is 0. The normalized spacial score (nSPS) is 14.1. The predicted molar refractivity (Wildman–Crippen MR) is 133 cm³/mol. The second kappa shape index (κ2) is 12.3. The van der Waals surface area contributed by atoms with E-state index in [1.54, 1.807) is 12.1 Å². The van der Waals surface area contributed by atoms with Gasteiger partial charge in [-0.2, -0.15) is 0 Å². The third kappa shape index (κ3) is 7.88. The van der Waals surface area contributed by atoms with Crippen molar-refractivity contribution in [3.05, 3.63) is 40.0 Å². The third-order valence-corrected chi connectivity index (χ3v) is 24.8. The Kier molecular flexibility index (Phi) is 11.6. The van der Waals surface area contributed by atoms with Crippen molar-refractivity contribution in [1.82, 2.24) is 0 Å². The van der Waals surface area contributed by atoms with Crippen LogP contribution in [0.2, 0.25) is 38.0 Å². The number of allylic oxidation sites excluding steroid dienone is 1. The molecule has 0 fully saturated rings. The van der Waals surface area contributed by atoms with Crippen LogP contribution in [0, 0.1) is 0 Å². The summed E-state index contributed by atoms with van der Waals surface area (Å²) in [6.45, 7) is 12.1. The fraction of sp³-hybridized carbons (Fsp3) is 0.667. The van der Waals surface area contributed by atoms with Gasteiger partial charge >= 0.3 is 193 Å². The van der Waals surface area contributed by atoms with E-state index in [-0.39, 0.29) is 5.20 Å². The maximum absolute atomic E-state index is 14.7. The van der Waals surface area contributed by atoms with Gasteiger partial charge in [0, 0.05) is 0 Å². The second-order valence-electron chi connectivity index (χ2n) is 9.60. The Morgan fingerprint density at radius 2 is 1.23 bits per heavy atom. The van der Waals surface area contributed by atoms with E-state index >= 15 is 0 Å². The van der Waals surface area contributed by atoms with E-state index < -0.39 is 32.6 Å². The molecule has 0 nitrogen and oxygen atoms in total. The van der Waals surface area contributed by atoms with Crippen LogP contribution in [0.5, 0.6) is 0 Å². The van der Waals surface area contributed by atoms with Crippen molar-refractivity contribution in [1.29, 1.82) is 0 Å². The van der Waals surface area contributed by atoms with Gasteiger partial charge in [0.1, 0.15) is 0 Å². The molecule has 172 valence electrons. The minimum absolute atomic E-state index is 0.142. The first-order valence-corrected chi connectivity index (χ1v) is 22.9. The van der Waals surface area contributed by atoms with Gasteiger partial charge in [0.15, 0.2) is 0 Å². The van der Waals surface area contributed by atoms with Gasteiger partial charge in [-0.15, -0.1) is 0 Å². The van der Waals surface area contributed by atoms with Crippen LogP contribution in [0.15, 0.2) is 29.5 Å². The molecule has 30 heavy (non-hydrogen) atoms. The van der Waals surface area contributed by atoms with Crippen molar-refractivity contribution in [3.8, 4) is 0 Å². The molecule has 0 N–H and O–H groups in total. The van der Waals surface area contributed by atoms with E-state index in [0.29, 0.717) is 5.02 Å². The van der Waals surface area contributed by atoms with Crippen LogP contribution in [-0.2, 0) is 0 Å². The topological polar surface area (TPSA) is 0 Å². The molecule has 0 aromatic heterocycles. The molecule has 1 rings (SSSR count). The summed E-state index contributed by atoms with van der Waals surface area (Å²) in [7, 11) is -2.63. The Morgan fingerprint density at radius 1 is 0.833 bits per heavy atom. The van der Waals surface area contributed by atoms with Crippen LogP contribution in [0.1, 0.15) is 64.9 Å². The van der Waals surface area contributed by atoms with Crippen molar-refractivity contribution in [2.75, 3.05) is 0 Å². The number of halogens is 4. The molecule has 1 aromatic rings. The molecule has 0 spiro atoms. The minimum atomic E-state index is -4.27. The summed E-state index contributed by atoms with van der Waals surface area (Å²) in [5.74, 6) is 0. The summed E-state index contributed by atoms with van der Waals surface area (Å²) in [6, 6.07) is 7.26. The van der Waals surface area contributed by atoms with Crippen LogP contribution in [0.4, 0.5) is 13.2 Å². The van der Waals surface area contributed by atoms with Gasteiger partial charge in [0.05, 0.1) is 0 Å². The zero-order valence-electron chi connectivity index (χ0n) is 19.7. The van der Waals surface area contributed by atoms with E-state index in [2.05, 4.69) is 20.8 Å². The summed E-state index contributed by atoms with van der Waals surface area (Å²) < 4.78 is 48.0. The second-order valence-corrected chi connectivity index (χ2v) is 28.0. The molecule has 0 aliphatic heterocycles. The van der Waals surface area contributed by atoms with Gasteiger partial charge in [-0.3, -0.25) is 0 Å². The summed E-state index contributed by atoms with van der Waals surface area (Å²) in [5.41, 5.74) is 0.799. The first-order valence-electron chi connectivity index (χ1n) is 11.5. The van der Waals surface area contributed by atoms with Gasteiger partial charge in [-0.25, -0.2) is 0 Å². The molecule has 0 unspecified atom stereocenters. The van der Waals surface area contributed by atoms with Crippen LogP contribution in [0.25, 0.3) is 3.59 Å². The molecular formula is C24H40ClF3SiSn. The zero-order valence-corrected chi connectivity index (χ0v) is 24.3. The molecule has 0 aliphatic carbocycles. The van der Waals surface area contributed by atoms with E-state index in [1.165, 1.54) is 0 Å². The Morgan fingerprint density at radius 3 is 1.53 bits per heavy atom. The van der Waals surface area contributed by atoms with E-state index in [4.69, 9.17) is 11.6 Å². The first-order chi connectivity index (χ1) is 13.9. The van der Waals surface area contributed by atoms with Crippen LogP contribution >= 0.6 is 11.6 Å². The van der Waals surface area contributed by atoms with Gasteiger partial charge in [-0.1, -0.05) is 0 Å². The van der Waals surface area contributed by atoms with Crippen molar-refractivity contribution < 1.29 is 13.2 Å². The molecule has 0 amide bonds. The zero-order chi connectivity index (χ0) is 23.0. The van der Waals surface area contributed by atoms with E-state index in [1.807, 2.05) is 31.8 Å². The average molecular weight is 568 g/mol. The quantitative estimate of drug-likeness (QED) is 0.221.